The van der Waals surface area contributed by atoms with Crippen molar-refractivity contribution in [2.24, 2.45) is 0 Å². The van der Waals surface area contributed by atoms with Crippen LogP contribution in [0, 0.1) is 0 Å². The van der Waals surface area contributed by atoms with Crippen LogP contribution in [0.1, 0.15) is 303 Å². The minimum Gasteiger partial charge on any atom is -0.393 e. The highest BCUT2D eigenvalue weighted by molar-refractivity contribution is 5.85. The summed E-state index contributed by atoms with van der Waals surface area (Å²) in [6.45, 7) is 4.58. The van der Waals surface area contributed by atoms with Crippen molar-refractivity contribution in [1.29, 1.82) is 0 Å². The normalized spacial score (nSPS) is 11.4. The molecule has 0 aliphatic heterocycles. The van der Waals surface area contributed by atoms with Crippen LogP contribution < -0.4 is 0 Å². The molecular weight excluding hydrogens is 637 g/mol. The first-order valence-electron chi connectivity index (χ1n) is 24.4. The zero-order chi connectivity index (χ0) is 37.7. The van der Waals surface area contributed by atoms with Crippen molar-refractivity contribution in [3.05, 3.63) is 0 Å². The summed E-state index contributed by atoms with van der Waals surface area (Å²) in [7, 11) is 0. The average molecular weight is 733 g/mol. The van der Waals surface area contributed by atoms with E-state index in [1.807, 2.05) is 0 Å². The Bertz CT molecular complexity index is 688. The molecule has 0 unspecified atom stereocenters. The summed E-state index contributed by atoms with van der Waals surface area (Å²) >= 11 is 0. The second-order valence-electron chi connectivity index (χ2n) is 16.8. The molecule has 3 heteroatoms. The van der Waals surface area contributed by atoms with E-state index in [1.165, 1.54) is 250 Å². The Morgan fingerprint density at radius 1 is 0.231 bits per heavy atom. The standard InChI is InChI=1S/C49H96O3/c1-3-5-7-9-11-13-15-17-19-20-21-22-23-24-25-26-27-28-29-30-31-33-35-37-39-41-43-45-47-49(51)52-48(50)46-44-42-40-38-36-34-32-18-16-14-12-10-8-6-4-2/h3-47H2,1-2H3. The molecule has 0 radical (unpaired) electrons. The summed E-state index contributed by atoms with van der Waals surface area (Å²) in [6, 6.07) is 0. The third kappa shape index (κ3) is 45.3. The number of esters is 2. The molecule has 0 aromatic heterocycles. The van der Waals surface area contributed by atoms with Crippen LogP contribution in [0.5, 0.6) is 0 Å². The Balaban J connectivity index is 3.22. The summed E-state index contributed by atoms with van der Waals surface area (Å²) in [5, 5.41) is 0. The molecule has 0 saturated carbocycles. The molecule has 0 amide bonds. The van der Waals surface area contributed by atoms with Crippen LogP contribution >= 0.6 is 0 Å². The largest absolute Gasteiger partial charge is 0.393 e. The van der Waals surface area contributed by atoms with Crippen molar-refractivity contribution in [3.8, 4) is 0 Å². The highest BCUT2D eigenvalue weighted by atomic mass is 16.6. The smallest absolute Gasteiger partial charge is 0.313 e. The lowest BCUT2D eigenvalue weighted by Gasteiger charge is -2.05. The molecule has 310 valence electrons. The van der Waals surface area contributed by atoms with E-state index in [-0.39, 0.29) is 11.9 Å². The Kier molecular flexibility index (Phi) is 45.5. The zero-order valence-electron chi connectivity index (χ0n) is 36.0. The first-order chi connectivity index (χ1) is 25.7. The zero-order valence-corrected chi connectivity index (χ0v) is 36.0. The van der Waals surface area contributed by atoms with Crippen molar-refractivity contribution < 1.29 is 14.3 Å². The van der Waals surface area contributed by atoms with Gasteiger partial charge in [-0.25, -0.2) is 0 Å². The van der Waals surface area contributed by atoms with E-state index in [4.69, 9.17) is 4.74 Å². The fraction of sp³-hybridized carbons (Fsp3) is 0.959. The van der Waals surface area contributed by atoms with Gasteiger partial charge in [0.2, 0.25) is 0 Å². The van der Waals surface area contributed by atoms with Gasteiger partial charge in [0.1, 0.15) is 0 Å². The number of rotatable bonds is 45. The Hall–Kier alpha value is -0.860. The lowest BCUT2D eigenvalue weighted by atomic mass is 10.0. The van der Waals surface area contributed by atoms with Gasteiger partial charge in [0, 0.05) is 12.8 Å². The summed E-state index contributed by atoms with van der Waals surface area (Å²) < 4.78 is 5.05. The first kappa shape index (κ1) is 51.1. The van der Waals surface area contributed by atoms with E-state index in [2.05, 4.69) is 13.8 Å². The fourth-order valence-corrected chi connectivity index (χ4v) is 7.81. The summed E-state index contributed by atoms with van der Waals surface area (Å²) in [5.41, 5.74) is 0. The molecule has 0 bridgehead atoms. The molecular formula is C49H96O3. The minimum atomic E-state index is -0.320. The van der Waals surface area contributed by atoms with Gasteiger partial charge in [0.05, 0.1) is 0 Å². The van der Waals surface area contributed by atoms with Crippen LogP contribution in [0.15, 0.2) is 0 Å². The number of ether oxygens (including phenoxy) is 1. The van der Waals surface area contributed by atoms with E-state index in [1.54, 1.807) is 0 Å². The molecule has 0 aliphatic carbocycles. The fourth-order valence-electron chi connectivity index (χ4n) is 7.81. The number of carbonyl (C=O) groups is 2. The van der Waals surface area contributed by atoms with Crippen LogP contribution in [-0.4, -0.2) is 11.9 Å². The van der Waals surface area contributed by atoms with Crippen molar-refractivity contribution >= 4 is 11.9 Å². The minimum absolute atomic E-state index is 0.319. The SMILES string of the molecule is CCCCCCCCCCCCCCCCCCCCCCCCCCCCCCC(=O)OC(=O)CCCCCCCCCCCCCCCCC. The third-order valence-corrected chi connectivity index (χ3v) is 11.4. The van der Waals surface area contributed by atoms with Crippen molar-refractivity contribution in [3.63, 3.8) is 0 Å². The second-order valence-corrected chi connectivity index (χ2v) is 16.8. The Morgan fingerprint density at radius 2 is 0.365 bits per heavy atom. The van der Waals surface area contributed by atoms with Crippen LogP contribution in [0.25, 0.3) is 0 Å². The molecule has 0 aromatic rings. The molecule has 52 heavy (non-hydrogen) atoms. The predicted molar refractivity (Wildman–Crippen MR) is 230 cm³/mol. The van der Waals surface area contributed by atoms with Crippen molar-refractivity contribution in [2.45, 2.75) is 303 Å². The maximum atomic E-state index is 12.0. The molecule has 0 rings (SSSR count). The summed E-state index contributed by atoms with van der Waals surface area (Å²) in [4.78, 5) is 24.0. The predicted octanol–water partition coefficient (Wildman–Crippen LogP) is 17.7. The Morgan fingerprint density at radius 3 is 0.519 bits per heavy atom. The van der Waals surface area contributed by atoms with Gasteiger partial charge < -0.3 is 4.74 Å². The van der Waals surface area contributed by atoms with Crippen LogP contribution in [-0.2, 0) is 14.3 Å². The lowest BCUT2D eigenvalue weighted by Crippen LogP contribution is -2.11. The molecule has 0 spiro atoms. The maximum absolute atomic E-state index is 12.0. The molecule has 0 heterocycles. The van der Waals surface area contributed by atoms with Gasteiger partial charge >= 0.3 is 11.9 Å². The number of hydrogen-bond donors (Lipinski definition) is 0. The third-order valence-electron chi connectivity index (χ3n) is 11.4. The molecule has 0 N–H and O–H groups in total. The quantitative estimate of drug-likeness (QED) is 0.0356. The maximum Gasteiger partial charge on any atom is 0.313 e. The molecule has 0 saturated heterocycles. The van der Waals surface area contributed by atoms with Gasteiger partial charge in [0.15, 0.2) is 0 Å². The Labute approximate surface area is 328 Å². The lowest BCUT2D eigenvalue weighted by molar-refractivity contribution is -0.159. The second kappa shape index (κ2) is 46.3. The molecule has 3 nitrogen and oxygen atoms in total. The van der Waals surface area contributed by atoms with E-state index in [0.717, 1.165) is 25.7 Å². The van der Waals surface area contributed by atoms with E-state index >= 15 is 0 Å². The highest BCUT2D eigenvalue weighted by Gasteiger charge is 2.10. The van der Waals surface area contributed by atoms with Crippen molar-refractivity contribution in [1.82, 2.24) is 0 Å². The van der Waals surface area contributed by atoms with Crippen molar-refractivity contribution in [2.75, 3.05) is 0 Å². The summed E-state index contributed by atoms with van der Waals surface area (Å²) in [5.74, 6) is -0.638. The number of carbonyl (C=O) groups excluding carboxylic acids is 2. The molecule has 0 aliphatic rings. The average Bonchev–Trinajstić information content (AvgIpc) is 3.14. The number of hydrogen-bond acceptors (Lipinski definition) is 3. The highest BCUT2D eigenvalue weighted by Crippen LogP contribution is 2.17. The van der Waals surface area contributed by atoms with Gasteiger partial charge in [-0.3, -0.25) is 9.59 Å². The topological polar surface area (TPSA) is 43.4 Å². The van der Waals surface area contributed by atoms with Crippen LogP contribution in [0.2, 0.25) is 0 Å². The van der Waals surface area contributed by atoms with E-state index in [0.29, 0.717) is 12.8 Å². The first-order valence-corrected chi connectivity index (χ1v) is 24.4. The monoisotopic (exact) mass is 733 g/mol. The van der Waals surface area contributed by atoms with Gasteiger partial charge in [-0.2, -0.15) is 0 Å². The number of unbranched alkanes of at least 4 members (excludes halogenated alkanes) is 41. The van der Waals surface area contributed by atoms with Gasteiger partial charge in [-0.15, -0.1) is 0 Å². The summed E-state index contributed by atoms with van der Waals surface area (Å²) in [6.07, 6.45) is 59.3. The van der Waals surface area contributed by atoms with Gasteiger partial charge in [-0.1, -0.05) is 277 Å². The molecule has 0 fully saturated rings. The van der Waals surface area contributed by atoms with Crippen LogP contribution in [0.4, 0.5) is 0 Å². The van der Waals surface area contributed by atoms with E-state index in [9.17, 15) is 9.59 Å². The molecule has 0 atom stereocenters. The van der Waals surface area contributed by atoms with Gasteiger partial charge in [-0.05, 0) is 12.8 Å². The van der Waals surface area contributed by atoms with Gasteiger partial charge in [0.25, 0.3) is 0 Å². The van der Waals surface area contributed by atoms with Crippen LogP contribution in [0.3, 0.4) is 0 Å². The molecule has 0 aromatic carbocycles. The van der Waals surface area contributed by atoms with E-state index < -0.39 is 0 Å².